The third-order valence-corrected chi connectivity index (χ3v) is 2.53. The van der Waals surface area contributed by atoms with Crippen molar-refractivity contribution in [1.82, 2.24) is 0 Å². The van der Waals surface area contributed by atoms with E-state index in [-0.39, 0.29) is 10.8 Å². The number of anilines is 1. The second kappa shape index (κ2) is 5.43. The highest BCUT2D eigenvalue weighted by molar-refractivity contribution is 6.32. The maximum Gasteiger partial charge on any atom is 0.294 e. The number of hydrogen-bond acceptors (Lipinski definition) is 4. The minimum atomic E-state index is -0.421. The summed E-state index contributed by atoms with van der Waals surface area (Å²) in [6, 6.07) is 6.56. The first-order chi connectivity index (χ1) is 8.70. The zero-order valence-electron chi connectivity index (χ0n) is 9.27. The van der Waals surface area contributed by atoms with Crippen LogP contribution in [0.1, 0.15) is 5.56 Å². The molecule has 0 saturated heterocycles. The van der Waals surface area contributed by atoms with Crippen molar-refractivity contribution in [3.8, 4) is 6.07 Å². The molecule has 0 fully saturated rings. The average Bonchev–Trinajstić information content (AvgIpc) is 2.40. The van der Waals surface area contributed by atoms with Crippen LogP contribution < -0.4 is 5.32 Å². The minimum absolute atomic E-state index is 0.113. The Morgan fingerprint density at radius 2 is 2.28 bits per heavy atom. The van der Waals surface area contributed by atoms with Crippen LogP contribution in [0.5, 0.6) is 0 Å². The van der Waals surface area contributed by atoms with Gasteiger partial charge in [-0.3, -0.25) is 4.79 Å². The van der Waals surface area contributed by atoms with E-state index in [0.717, 1.165) is 0 Å². The van der Waals surface area contributed by atoms with Gasteiger partial charge in [-0.2, -0.15) is 5.26 Å². The Morgan fingerprint density at radius 3 is 2.89 bits per heavy atom. The number of nitrogens with one attached hydrogen (secondary N) is 1. The van der Waals surface area contributed by atoms with Crippen LogP contribution in [0.15, 0.2) is 30.2 Å². The molecule has 1 amide bonds. The van der Waals surface area contributed by atoms with E-state index >= 15 is 0 Å². The quantitative estimate of drug-likeness (QED) is 0.887. The molecule has 0 atom stereocenters. The van der Waals surface area contributed by atoms with Gasteiger partial charge < -0.3 is 14.8 Å². The fourth-order valence-corrected chi connectivity index (χ4v) is 1.59. The molecule has 92 valence electrons. The Morgan fingerprint density at radius 1 is 1.44 bits per heavy atom. The summed E-state index contributed by atoms with van der Waals surface area (Å²) in [5.41, 5.74) is 0.838. The Labute approximate surface area is 109 Å². The van der Waals surface area contributed by atoms with Crippen LogP contribution in [0.4, 0.5) is 5.69 Å². The van der Waals surface area contributed by atoms with Gasteiger partial charge in [0.05, 0.1) is 10.6 Å². The first-order valence-electron chi connectivity index (χ1n) is 5.16. The van der Waals surface area contributed by atoms with E-state index in [0.29, 0.717) is 24.5 Å². The summed E-state index contributed by atoms with van der Waals surface area (Å²) in [6.07, 6.45) is 1.27. The highest BCUT2D eigenvalue weighted by atomic mass is 35.5. The topological polar surface area (TPSA) is 71.4 Å². The van der Waals surface area contributed by atoms with Gasteiger partial charge in [0.15, 0.2) is 0 Å². The lowest BCUT2D eigenvalue weighted by Gasteiger charge is -2.15. The molecule has 0 spiro atoms. The lowest BCUT2D eigenvalue weighted by atomic mass is 10.2. The van der Waals surface area contributed by atoms with Crippen LogP contribution in [0.3, 0.4) is 0 Å². The molecule has 6 heteroatoms. The second-order valence-corrected chi connectivity index (χ2v) is 3.87. The Kier molecular flexibility index (Phi) is 3.70. The Bertz CT molecular complexity index is 549. The van der Waals surface area contributed by atoms with Crippen molar-refractivity contribution in [1.29, 1.82) is 5.26 Å². The molecule has 0 bridgehead atoms. The molecule has 2 rings (SSSR count). The number of ether oxygens (including phenoxy) is 2. The zero-order chi connectivity index (χ0) is 13.0. The van der Waals surface area contributed by atoms with Gasteiger partial charge in [0, 0.05) is 5.69 Å². The molecule has 1 N–H and O–H groups in total. The van der Waals surface area contributed by atoms with Crippen molar-refractivity contribution in [2.45, 2.75) is 0 Å². The summed E-state index contributed by atoms with van der Waals surface area (Å²) in [4.78, 5) is 11.7. The SMILES string of the molecule is N#Cc1ccc(NC(=O)C2=COCCO2)cc1Cl. The average molecular weight is 265 g/mol. The van der Waals surface area contributed by atoms with Gasteiger partial charge in [0.25, 0.3) is 5.91 Å². The Balaban J connectivity index is 2.10. The van der Waals surface area contributed by atoms with Crippen LogP contribution in [-0.2, 0) is 14.3 Å². The lowest BCUT2D eigenvalue weighted by Crippen LogP contribution is -2.21. The minimum Gasteiger partial charge on any atom is -0.494 e. The van der Waals surface area contributed by atoms with Gasteiger partial charge in [-0.05, 0) is 18.2 Å². The van der Waals surface area contributed by atoms with E-state index in [1.165, 1.54) is 18.4 Å². The number of halogens is 1. The number of hydrogen-bond donors (Lipinski definition) is 1. The summed E-state index contributed by atoms with van der Waals surface area (Å²) in [5.74, 6) is -0.308. The highest BCUT2D eigenvalue weighted by Gasteiger charge is 2.15. The van der Waals surface area contributed by atoms with E-state index in [9.17, 15) is 4.79 Å². The molecule has 0 aliphatic carbocycles. The van der Waals surface area contributed by atoms with Crippen LogP contribution in [0.25, 0.3) is 0 Å². The molecule has 1 aliphatic rings. The fourth-order valence-electron chi connectivity index (χ4n) is 1.36. The summed E-state index contributed by atoms with van der Waals surface area (Å²) in [7, 11) is 0. The highest BCUT2D eigenvalue weighted by Crippen LogP contribution is 2.20. The van der Waals surface area contributed by atoms with E-state index in [1.54, 1.807) is 6.07 Å². The maximum absolute atomic E-state index is 11.7. The van der Waals surface area contributed by atoms with Gasteiger partial charge in [-0.1, -0.05) is 11.6 Å². The number of rotatable bonds is 2. The number of nitrogens with zero attached hydrogens (tertiary/aromatic N) is 1. The van der Waals surface area contributed by atoms with Crippen molar-refractivity contribution in [2.75, 3.05) is 18.5 Å². The summed E-state index contributed by atoms with van der Waals surface area (Å²) in [6.45, 7) is 0.771. The summed E-state index contributed by atoms with van der Waals surface area (Å²) < 4.78 is 10.1. The van der Waals surface area contributed by atoms with Crippen molar-refractivity contribution in [3.63, 3.8) is 0 Å². The number of amides is 1. The van der Waals surface area contributed by atoms with Crippen molar-refractivity contribution >= 4 is 23.2 Å². The molecule has 0 unspecified atom stereocenters. The number of nitriles is 1. The van der Waals surface area contributed by atoms with E-state index in [1.807, 2.05) is 6.07 Å². The van der Waals surface area contributed by atoms with Crippen molar-refractivity contribution in [3.05, 3.63) is 40.8 Å². The number of carbonyl (C=O) groups is 1. The fraction of sp³-hybridized carbons (Fsp3) is 0.167. The molecule has 0 radical (unpaired) electrons. The molecular formula is C12H9ClN2O3. The molecule has 1 heterocycles. The monoisotopic (exact) mass is 264 g/mol. The van der Waals surface area contributed by atoms with Gasteiger partial charge >= 0.3 is 0 Å². The first kappa shape index (κ1) is 12.3. The van der Waals surface area contributed by atoms with Gasteiger partial charge in [-0.25, -0.2) is 0 Å². The van der Waals surface area contributed by atoms with Crippen LogP contribution in [-0.4, -0.2) is 19.1 Å². The van der Waals surface area contributed by atoms with Gasteiger partial charge in [0.1, 0.15) is 25.5 Å². The zero-order valence-corrected chi connectivity index (χ0v) is 10.0. The standard InChI is InChI=1S/C12H9ClN2O3/c13-10-5-9(2-1-8(10)6-14)15-12(16)11-7-17-3-4-18-11/h1-2,5,7H,3-4H2,(H,15,16). The summed E-state index contributed by atoms with van der Waals surface area (Å²) >= 11 is 5.85. The number of benzene rings is 1. The van der Waals surface area contributed by atoms with E-state index in [2.05, 4.69) is 5.32 Å². The first-order valence-corrected chi connectivity index (χ1v) is 5.54. The largest absolute Gasteiger partial charge is 0.494 e. The predicted octanol–water partition coefficient (Wildman–Crippen LogP) is 2.04. The van der Waals surface area contributed by atoms with Gasteiger partial charge in [-0.15, -0.1) is 0 Å². The molecule has 0 aromatic heterocycles. The van der Waals surface area contributed by atoms with Gasteiger partial charge in [0.2, 0.25) is 5.76 Å². The second-order valence-electron chi connectivity index (χ2n) is 3.46. The molecular weight excluding hydrogens is 256 g/mol. The smallest absolute Gasteiger partial charge is 0.294 e. The lowest BCUT2D eigenvalue weighted by molar-refractivity contribution is -0.117. The third-order valence-electron chi connectivity index (χ3n) is 2.22. The predicted molar refractivity (Wildman–Crippen MR) is 64.8 cm³/mol. The molecule has 0 saturated carbocycles. The Hall–Kier alpha value is -2.19. The van der Waals surface area contributed by atoms with Crippen LogP contribution in [0.2, 0.25) is 5.02 Å². The van der Waals surface area contributed by atoms with E-state index < -0.39 is 5.91 Å². The maximum atomic E-state index is 11.7. The van der Waals surface area contributed by atoms with Crippen molar-refractivity contribution in [2.24, 2.45) is 0 Å². The van der Waals surface area contributed by atoms with Crippen LogP contribution in [0, 0.1) is 11.3 Å². The van der Waals surface area contributed by atoms with Crippen LogP contribution >= 0.6 is 11.6 Å². The molecule has 18 heavy (non-hydrogen) atoms. The summed E-state index contributed by atoms with van der Waals surface area (Å²) in [5, 5.41) is 11.6. The molecule has 1 aromatic rings. The molecule has 5 nitrogen and oxygen atoms in total. The number of carbonyl (C=O) groups excluding carboxylic acids is 1. The van der Waals surface area contributed by atoms with E-state index in [4.69, 9.17) is 26.3 Å². The molecule has 1 aromatic carbocycles. The molecule has 1 aliphatic heterocycles. The normalized spacial score (nSPS) is 13.7. The van der Waals surface area contributed by atoms with Crippen molar-refractivity contribution < 1.29 is 14.3 Å². The third kappa shape index (κ3) is 2.73.